The molecule has 1 aromatic carbocycles. The second-order valence-corrected chi connectivity index (χ2v) is 7.90. The number of nitrogens with zero attached hydrogens (tertiary/aromatic N) is 1. The Morgan fingerprint density at radius 2 is 2.23 bits per heavy atom. The van der Waals surface area contributed by atoms with Crippen molar-refractivity contribution in [3.05, 3.63) is 49.3 Å². The predicted molar refractivity (Wildman–Crippen MR) is 106 cm³/mol. The molecule has 1 aliphatic rings. The zero-order chi connectivity index (χ0) is 18.4. The van der Waals surface area contributed by atoms with Gasteiger partial charge in [0.05, 0.1) is 22.6 Å². The second kappa shape index (κ2) is 6.61. The first-order valence-corrected chi connectivity index (χ1v) is 9.54. The van der Waals surface area contributed by atoms with Crippen LogP contribution in [0.25, 0.3) is 21.3 Å². The second-order valence-electron chi connectivity index (χ2n) is 6.00. The number of rotatable bonds is 3. The number of phenols is 1. The number of aryl methyl sites for hydroxylation is 2. The fraction of sp³-hybridized carbons (Fsp3) is 0.222. The summed E-state index contributed by atoms with van der Waals surface area (Å²) in [4.78, 5) is 21.8. The summed E-state index contributed by atoms with van der Waals surface area (Å²) in [6, 6.07) is 3.15. The van der Waals surface area contributed by atoms with Crippen molar-refractivity contribution in [1.82, 2.24) is 9.97 Å². The van der Waals surface area contributed by atoms with E-state index < -0.39 is 0 Å². The number of aromatic amines is 1. The van der Waals surface area contributed by atoms with Gasteiger partial charge < -0.3 is 14.8 Å². The first-order valence-electron chi connectivity index (χ1n) is 7.96. The number of nitrogens with one attached hydrogen (secondary N) is 1. The molecule has 8 heteroatoms. The van der Waals surface area contributed by atoms with Crippen LogP contribution in [0.3, 0.4) is 0 Å². The van der Waals surface area contributed by atoms with Gasteiger partial charge in [0, 0.05) is 4.88 Å². The smallest absolute Gasteiger partial charge is 0.260 e. The molecule has 0 spiro atoms. The Morgan fingerprint density at radius 3 is 3.00 bits per heavy atom. The van der Waals surface area contributed by atoms with Crippen LogP contribution in [-0.4, -0.2) is 22.2 Å². The van der Waals surface area contributed by atoms with E-state index in [9.17, 15) is 9.90 Å². The van der Waals surface area contributed by atoms with E-state index in [0.717, 1.165) is 24.8 Å². The average Bonchev–Trinajstić information content (AvgIpc) is 3.18. The van der Waals surface area contributed by atoms with Gasteiger partial charge in [-0.15, -0.1) is 11.3 Å². The number of hydrogen-bond donors (Lipinski definition) is 2. The van der Waals surface area contributed by atoms with Gasteiger partial charge in [-0.05, 0) is 48.6 Å². The van der Waals surface area contributed by atoms with Crippen LogP contribution in [0.15, 0.2) is 16.9 Å². The number of H-pyrrole nitrogens is 1. The molecule has 0 unspecified atom stereocenters. The highest BCUT2D eigenvalue weighted by Gasteiger charge is 2.21. The molecule has 0 fully saturated rings. The predicted octanol–water partition coefficient (Wildman–Crippen LogP) is 4.58. The monoisotopic (exact) mass is 408 g/mol. The van der Waals surface area contributed by atoms with Crippen molar-refractivity contribution >= 4 is 55.9 Å². The highest BCUT2D eigenvalue weighted by Crippen LogP contribution is 2.37. The van der Waals surface area contributed by atoms with Gasteiger partial charge in [0.1, 0.15) is 4.83 Å². The number of aromatic nitrogens is 2. The topological polar surface area (TPSA) is 75.2 Å². The number of hydrogen-bond acceptors (Lipinski definition) is 5. The molecule has 0 amide bonds. The van der Waals surface area contributed by atoms with E-state index in [4.69, 9.17) is 27.9 Å². The van der Waals surface area contributed by atoms with Crippen LogP contribution >= 0.6 is 34.5 Å². The van der Waals surface area contributed by atoms with E-state index in [1.807, 2.05) is 0 Å². The van der Waals surface area contributed by atoms with E-state index in [1.54, 1.807) is 29.5 Å². The van der Waals surface area contributed by atoms with Gasteiger partial charge in [-0.2, -0.15) is 0 Å². The number of phenolic OH excluding ortho intramolecular Hbond substituents is 1. The summed E-state index contributed by atoms with van der Waals surface area (Å²) in [5, 5.41) is 10.9. The van der Waals surface area contributed by atoms with Gasteiger partial charge in [0.25, 0.3) is 5.56 Å². The number of halogens is 2. The molecule has 26 heavy (non-hydrogen) atoms. The maximum atomic E-state index is 12.5. The van der Waals surface area contributed by atoms with Gasteiger partial charge in [-0.25, -0.2) is 4.98 Å². The molecule has 4 rings (SSSR count). The number of benzene rings is 1. The van der Waals surface area contributed by atoms with Crippen LogP contribution < -0.4 is 10.3 Å². The maximum absolute atomic E-state index is 12.5. The molecule has 0 bridgehead atoms. The number of fused-ring (bicyclic) bond motifs is 3. The number of aromatic hydroxyl groups is 1. The van der Waals surface area contributed by atoms with Crippen molar-refractivity contribution < 1.29 is 9.84 Å². The lowest BCUT2D eigenvalue weighted by atomic mass is 10.1. The minimum absolute atomic E-state index is 0.136. The molecular formula is C18H14Cl2N2O3S. The number of ether oxygens (including phenoxy) is 1. The summed E-state index contributed by atoms with van der Waals surface area (Å²) in [6.07, 6.45) is 4.62. The van der Waals surface area contributed by atoms with E-state index in [-0.39, 0.29) is 27.1 Å². The molecule has 0 atom stereocenters. The zero-order valence-corrected chi connectivity index (χ0v) is 16.1. The van der Waals surface area contributed by atoms with Gasteiger partial charge in [-0.1, -0.05) is 23.2 Å². The molecular weight excluding hydrogens is 395 g/mol. The minimum atomic E-state index is -0.169. The van der Waals surface area contributed by atoms with Crippen LogP contribution in [0.5, 0.6) is 11.5 Å². The van der Waals surface area contributed by atoms with Gasteiger partial charge >= 0.3 is 0 Å². The van der Waals surface area contributed by atoms with E-state index in [2.05, 4.69) is 9.97 Å². The van der Waals surface area contributed by atoms with E-state index >= 15 is 0 Å². The number of thiophene rings is 1. The molecule has 0 aliphatic heterocycles. The third-order valence-corrected chi connectivity index (χ3v) is 6.13. The summed E-state index contributed by atoms with van der Waals surface area (Å²) in [5.41, 5.74) is 1.57. The minimum Gasteiger partial charge on any atom is -0.503 e. The summed E-state index contributed by atoms with van der Waals surface area (Å²) in [6.45, 7) is 0. The molecule has 0 saturated heterocycles. The molecule has 134 valence electrons. The van der Waals surface area contributed by atoms with Crippen molar-refractivity contribution in [2.45, 2.75) is 19.3 Å². The Bertz CT molecular complexity index is 1120. The van der Waals surface area contributed by atoms with Crippen molar-refractivity contribution in [1.29, 1.82) is 0 Å². The van der Waals surface area contributed by atoms with Crippen molar-refractivity contribution in [2.75, 3.05) is 7.11 Å². The normalized spacial score (nSPS) is 14.0. The Morgan fingerprint density at radius 1 is 1.42 bits per heavy atom. The van der Waals surface area contributed by atoms with Crippen LogP contribution in [0, 0.1) is 0 Å². The van der Waals surface area contributed by atoms with Crippen LogP contribution in [0.1, 0.15) is 28.2 Å². The zero-order valence-electron chi connectivity index (χ0n) is 13.7. The molecule has 2 N–H and O–H groups in total. The fourth-order valence-electron chi connectivity index (χ4n) is 3.16. The third-order valence-electron chi connectivity index (χ3n) is 4.37. The average molecular weight is 409 g/mol. The standard InChI is InChI=1S/C18H14Cl2N2O3S/c1-25-12-7-8(5-10(19)15(12)23)6-11(20)16-21-17(24)14-9-3-2-4-13(9)26-18(14)22-16/h5-7,23H,2-4H2,1H3,(H,21,22,24)/b11-6-. The summed E-state index contributed by atoms with van der Waals surface area (Å²) < 4.78 is 5.09. The first kappa shape index (κ1) is 17.4. The van der Waals surface area contributed by atoms with Crippen LogP contribution in [0.4, 0.5) is 0 Å². The molecule has 2 heterocycles. The molecule has 3 aromatic rings. The van der Waals surface area contributed by atoms with Crippen molar-refractivity contribution in [2.24, 2.45) is 0 Å². The quantitative estimate of drug-likeness (QED) is 0.664. The van der Waals surface area contributed by atoms with Crippen LogP contribution in [-0.2, 0) is 12.8 Å². The number of methoxy groups -OCH3 is 1. The Balaban J connectivity index is 1.79. The largest absolute Gasteiger partial charge is 0.503 e. The van der Waals surface area contributed by atoms with Gasteiger partial charge in [0.2, 0.25) is 0 Å². The molecule has 0 radical (unpaired) electrons. The highest BCUT2D eigenvalue weighted by atomic mass is 35.5. The molecule has 5 nitrogen and oxygen atoms in total. The maximum Gasteiger partial charge on any atom is 0.260 e. The fourth-order valence-corrected chi connectivity index (χ4v) is 4.86. The summed E-state index contributed by atoms with van der Waals surface area (Å²) in [7, 11) is 1.43. The Kier molecular flexibility index (Phi) is 4.42. The van der Waals surface area contributed by atoms with Crippen molar-refractivity contribution in [3.63, 3.8) is 0 Å². The Labute approximate surface area is 162 Å². The lowest BCUT2D eigenvalue weighted by Crippen LogP contribution is -2.10. The SMILES string of the molecule is COc1cc(/C=C(\Cl)c2nc3sc4c(c3c(=O)[nH]2)CCC4)cc(Cl)c1O. The first-order chi connectivity index (χ1) is 12.5. The van der Waals surface area contributed by atoms with Gasteiger partial charge in [-0.3, -0.25) is 4.79 Å². The lowest BCUT2D eigenvalue weighted by Gasteiger charge is -2.07. The lowest BCUT2D eigenvalue weighted by molar-refractivity contribution is 0.373. The third kappa shape index (κ3) is 2.88. The van der Waals surface area contributed by atoms with E-state index in [1.165, 1.54) is 12.0 Å². The molecule has 2 aromatic heterocycles. The molecule has 0 saturated carbocycles. The van der Waals surface area contributed by atoms with E-state index in [0.29, 0.717) is 21.6 Å². The van der Waals surface area contributed by atoms with Crippen LogP contribution in [0.2, 0.25) is 5.02 Å². The summed E-state index contributed by atoms with van der Waals surface area (Å²) >= 11 is 13.9. The summed E-state index contributed by atoms with van der Waals surface area (Å²) in [5.74, 6) is 0.399. The van der Waals surface area contributed by atoms with Gasteiger partial charge in [0.15, 0.2) is 17.3 Å². The highest BCUT2D eigenvalue weighted by molar-refractivity contribution is 7.18. The molecule has 1 aliphatic carbocycles. The Hall–Kier alpha value is -2.02. The van der Waals surface area contributed by atoms with Crippen molar-refractivity contribution in [3.8, 4) is 11.5 Å².